The zero-order chi connectivity index (χ0) is 20.3. The summed E-state index contributed by atoms with van der Waals surface area (Å²) in [6, 6.07) is 18.0. The van der Waals surface area contributed by atoms with E-state index in [1.165, 1.54) is 5.56 Å². The predicted octanol–water partition coefficient (Wildman–Crippen LogP) is 4.24. The molecule has 28 heavy (non-hydrogen) atoms. The van der Waals surface area contributed by atoms with Gasteiger partial charge >= 0.3 is 0 Å². The lowest BCUT2D eigenvalue weighted by molar-refractivity contribution is 0.600. The van der Waals surface area contributed by atoms with Gasteiger partial charge in [-0.2, -0.15) is 5.10 Å². The van der Waals surface area contributed by atoms with E-state index in [2.05, 4.69) is 45.8 Å². The maximum Gasteiger partial charge on any atom is 0.265 e. The van der Waals surface area contributed by atoms with Crippen molar-refractivity contribution in [2.75, 3.05) is 9.62 Å². The van der Waals surface area contributed by atoms with E-state index in [1.807, 2.05) is 30.3 Å². The minimum atomic E-state index is -3.69. The lowest BCUT2D eigenvalue weighted by Crippen LogP contribution is -2.30. The topological polar surface area (TPSA) is 78.1 Å². The van der Waals surface area contributed by atoms with Crippen molar-refractivity contribution in [2.45, 2.75) is 45.2 Å². The molecule has 7 heteroatoms. The van der Waals surface area contributed by atoms with E-state index in [4.69, 9.17) is 0 Å². The molecule has 0 saturated carbocycles. The van der Waals surface area contributed by atoms with Gasteiger partial charge in [0.05, 0.1) is 11.4 Å². The number of sulfonamides is 1. The molecule has 0 bridgehead atoms. The van der Waals surface area contributed by atoms with Crippen LogP contribution in [0.15, 0.2) is 59.5 Å². The third kappa shape index (κ3) is 4.36. The quantitative estimate of drug-likeness (QED) is 0.624. The predicted molar refractivity (Wildman–Crippen MR) is 113 cm³/mol. The molecule has 6 nitrogen and oxygen atoms in total. The van der Waals surface area contributed by atoms with Gasteiger partial charge < -0.3 is 4.90 Å². The van der Waals surface area contributed by atoms with Crippen LogP contribution >= 0.6 is 0 Å². The molecule has 0 fully saturated rings. The number of aryl methyl sites for hydroxylation is 2. The highest BCUT2D eigenvalue weighted by molar-refractivity contribution is 7.92. The summed E-state index contributed by atoms with van der Waals surface area (Å²) in [5, 5.41) is 6.68. The van der Waals surface area contributed by atoms with Gasteiger partial charge in [-0.1, -0.05) is 30.3 Å². The number of aromatic nitrogens is 2. The summed E-state index contributed by atoms with van der Waals surface area (Å²) >= 11 is 0. The first-order chi connectivity index (χ1) is 13.3. The maximum absolute atomic E-state index is 12.7. The van der Waals surface area contributed by atoms with Crippen molar-refractivity contribution in [1.29, 1.82) is 0 Å². The SMILES string of the molecule is Cc1n[nH]c(C)c1S(=O)(=O)Nc1ccc(N(Cc2ccccc2)C(C)C)cc1. The Morgan fingerprint density at radius 1 is 1.04 bits per heavy atom. The molecule has 0 aliphatic heterocycles. The minimum absolute atomic E-state index is 0.199. The number of hydrogen-bond donors (Lipinski definition) is 2. The van der Waals surface area contributed by atoms with Gasteiger partial charge in [0.15, 0.2) is 0 Å². The number of nitrogens with zero attached hydrogens (tertiary/aromatic N) is 2. The zero-order valence-electron chi connectivity index (χ0n) is 16.6. The molecule has 2 N–H and O–H groups in total. The second kappa shape index (κ2) is 8.06. The molecule has 0 atom stereocenters. The number of hydrogen-bond acceptors (Lipinski definition) is 4. The van der Waals surface area contributed by atoms with Crippen molar-refractivity contribution in [3.8, 4) is 0 Å². The lowest BCUT2D eigenvalue weighted by atomic mass is 10.1. The molecular weight excluding hydrogens is 372 g/mol. The van der Waals surface area contributed by atoms with Crippen LogP contribution in [0.5, 0.6) is 0 Å². The third-order valence-electron chi connectivity index (χ3n) is 4.60. The zero-order valence-corrected chi connectivity index (χ0v) is 17.4. The van der Waals surface area contributed by atoms with E-state index in [9.17, 15) is 8.42 Å². The lowest BCUT2D eigenvalue weighted by Gasteiger charge is -2.29. The van der Waals surface area contributed by atoms with Gasteiger partial charge in [-0.3, -0.25) is 9.82 Å². The van der Waals surface area contributed by atoms with Crippen LogP contribution in [0.3, 0.4) is 0 Å². The molecule has 0 saturated heterocycles. The minimum Gasteiger partial charge on any atom is -0.365 e. The molecule has 0 aliphatic carbocycles. The molecule has 1 aromatic heterocycles. The summed E-state index contributed by atoms with van der Waals surface area (Å²) in [5.74, 6) is 0. The van der Waals surface area contributed by atoms with Crippen LogP contribution in [-0.2, 0) is 16.6 Å². The number of aromatic amines is 1. The van der Waals surface area contributed by atoms with E-state index in [0.29, 0.717) is 23.1 Å². The highest BCUT2D eigenvalue weighted by Gasteiger charge is 2.22. The van der Waals surface area contributed by atoms with E-state index in [-0.39, 0.29) is 4.90 Å². The van der Waals surface area contributed by atoms with Gasteiger partial charge in [0.1, 0.15) is 4.90 Å². The molecule has 2 aromatic carbocycles. The van der Waals surface area contributed by atoms with Crippen LogP contribution in [0.4, 0.5) is 11.4 Å². The molecule has 0 aliphatic rings. The first kappa shape index (κ1) is 19.9. The van der Waals surface area contributed by atoms with Crippen LogP contribution in [0, 0.1) is 13.8 Å². The van der Waals surface area contributed by atoms with E-state index < -0.39 is 10.0 Å². The van der Waals surface area contributed by atoms with Crippen molar-refractivity contribution in [3.05, 3.63) is 71.5 Å². The largest absolute Gasteiger partial charge is 0.365 e. The van der Waals surface area contributed by atoms with Crippen LogP contribution in [0.2, 0.25) is 0 Å². The first-order valence-electron chi connectivity index (χ1n) is 9.23. The van der Waals surface area contributed by atoms with Gasteiger partial charge in [0, 0.05) is 24.0 Å². The smallest absolute Gasteiger partial charge is 0.265 e. The van der Waals surface area contributed by atoms with Crippen LogP contribution in [-0.4, -0.2) is 24.7 Å². The fourth-order valence-corrected chi connectivity index (χ4v) is 4.65. The second-order valence-corrected chi connectivity index (χ2v) is 8.74. The van der Waals surface area contributed by atoms with Crippen LogP contribution in [0.1, 0.15) is 30.8 Å². The number of nitrogens with one attached hydrogen (secondary N) is 2. The third-order valence-corrected chi connectivity index (χ3v) is 6.24. The van der Waals surface area contributed by atoms with Crippen molar-refractivity contribution in [1.82, 2.24) is 10.2 Å². The molecule has 0 amide bonds. The Hall–Kier alpha value is -2.80. The summed E-state index contributed by atoms with van der Waals surface area (Å²) in [7, 11) is -3.69. The molecule has 1 heterocycles. The Morgan fingerprint density at radius 3 is 2.21 bits per heavy atom. The summed E-state index contributed by atoms with van der Waals surface area (Å²) < 4.78 is 28.0. The van der Waals surface area contributed by atoms with Crippen molar-refractivity contribution < 1.29 is 8.42 Å². The Balaban J connectivity index is 1.80. The molecule has 3 rings (SSSR count). The van der Waals surface area contributed by atoms with Gasteiger partial charge in [0.2, 0.25) is 0 Å². The normalized spacial score (nSPS) is 11.6. The van der Waals surface area contributed by atoms with Crippen molar-refractivity contribution in [3.63, 3.8) is 0 Å². The van der Waals surface area contributed by atoms with Crippen molar-refractivity contribution in [2.24, 2.45) is 0 Å². The van der Waals surface area contributed by atoms with E-state index in [0.717, 1.165) is 12.2 Å². The molecule has 0 spiro atoms. The molecule has 148 valence electrons. The average Bonchev–Trinajstić information content (AvgIpc) is 3.00. The average molecular weight is 399 g/mol. The van der Waals surface area contributed by atoms with Crippen molar-refractivity contribution >= 4 is 21.4 Å². The fraction of sp³-hybridized carbons (Fsp3) is 0.286. The molecule has 0 radical (unpaired) electrons. The van der Waals surface area contributed by atoms with Gasteiger partial charge in [0.25, 0.3) is 10.0 Å². The highest BCUT2D eigenvalue weighted by Crippen LogP contribution is 2.25. The van der Waals surface area contributed by atoms with Gasteiger partial charge in [-0.25, -0.2) is 8.42 Å². The Kier molecular flexibility index (Phi) is 5.74. The number of H-pyrrole nitrogens is 1. The van der Waals surface area contributed by atoms with E-state index in [1.54, 1.807) is 26.0 Å². The van der Waals surface area contributed by atoms with Gasteiger partial charge in [-0.05, 0) is 57.5 Å². The summed E-state index contributed by atoms with van der Waals surface area (Å²) in [5.41, 5.74) is 3.77. The Labute approximate surface area is 166 Å². The van der Waals surface area contributed by atoms with E-state index >= 15 is 0 Å². The molecule has 3 aromatic rings. The van der Waals surface area contributed by atoms with Crippen LogP contribution in [0.25, 0.3) is 0 Å². The Morgan fingerprint density at radius 2 is 1.68 bits per heavy atom. The second-order valence-electron chi connectivity index (χ2n) is 7.12. The molecule has 0 unspecified atom stereocenters. The molecular formula is C21H26N4O2S. The summed E-state index contributed by atoms with van der Waals surface area (Å²) in [4.78, 5) is 2.47. The summed E-state index contributed by atoms with van der Waals surface area (Å²) in [6.45, 7) is 8.44. The first-order valence-corrected chi connectivity index (χ1v) is 10.7. The number of rotatable bonds is 7. The monoisotopic (exact) mass is 398 g/mol. The fourth-order valence-electron chi connectivity index (χ4n) is 3.22. The maximum atomic E-state index is 12.7. The Bertz CT molecular complexity index is 1010. The standard InChI is InChI=1S/C21H26N4O2S/c1-15(2)25(14-18-8-6-5-7-9-18)20-12-10-19(11-13-20)24-28(26,27)21-16(3)22-23-17(21)4/h5-13,15,24H,14H2,1-4H3,(H,22,23). The van der Waals surface area contributed by atoms with Gasteiger partial charge in [-0.15, -0.1) is 0 Å². The van der Waals surface area contributed by atoms with Crippen LogP contribution < -0.4 is 9.62 Å². The number of benzene rings is 2. The highest BCUT2D eigenvalue weighted by atomic mass is 32.2. The summed E-state index contributed by atoms with van der Waals surface area (Å²) in [6.07, 6.45) is 0. The number of anilines is 2.